The maximum atomic E-state index is 13.3. The quantitative estimate of drug-likeness (QED) is 0.0666. The number of nitrogens with zero attached hydrogens (tertiary/aromatic N) is 6. The van der Waals surface area contributed by atoms with Crippen LogP contribution in [0.15, 0.2) is 77.2 Å². The molecule has 0 unspecified atom stereocenters. The zero-order chi connectivity index (χ0) is 43.1. The van der Waals surface area contributed by atoms with E-state index in [2.05, 4.69) is 68.7 Å². The van der Waals surface area contributed by atoms with Gasteiger partial charge in [-0.25, -0.2) is 4.98 Å². The highest BCUT2D eigenvalue weighted by molar-refractivity contribution is 6.04. The number of nitrogens with one attached hydrogen (secondary N) is 3. The molecule has 0 spiro atoms. The first-order valence-corrected chi connectivity index (χ1v) is 20.5. The van der Waals surface area contributed by atoms with Crippen LogP contribution < -0.4 is 39.8 Å². The van der Waals surface area contributed by atoms with Crippen molar-refractivity contribution in [2.75, 3.05) is 82.5 Å². The fourth-order valence-electron chi connectivity index (χ4n) is 7.49. The Balaban J connectivity index is 0.880. The van der Waals surface area contributed by atoms with Crippen molar-refractivity contribution < 1.29 is 28.2 Å². The molecule has 15 nitrogen and oxygen atoms in total. The molecule has 0 atom stereocenters. The van der Waals surface area contributed by atoms with Gasteiger partial charge in [-0.1, -0.05) is 32.0 Å². The van der Waals surface area contributed by atoms with E-state index >= 15 is 0 Å². The Morgan fingerprint density at radius 3 is 2.16 bits per heavy atom. The number of ether oxygens (including phenoxy) is 4. The van der Waals surface area contributed by atoms with Crippen molar-refractivity contribution in [2.45, 2.75) is 51.9 Å². The van der Waals surface area contributed by atoms with Crippen molar-refractivity contribution in [2.24, 2.45) is 0 Å². The van der Waals surface area contributed by atoms with E-state index in [1.165, 1.54) is 25.3 Å². The molecule has 15 heteroatoms. The molecule has 0 fully saturated rings. The maximum absolute atomic E-state index is 13.3. The van der Waals surface area contributed by atoms with Crippen molar-refractivity contribution in [3.63, 3.8) is 0 Å². The van der Waals surface area contributed by atoms with Crippen molar-refractivity contribution >= 4 is 45.9 Å². The molecule has 0 aliphatic heterocycles. The molecule has 3 N–H and O–H groups in total. The molecule has 3 aromatic carbocycles. The lowest BCUT2D eigenvalue weighted by molar-refractivity contribution is 0.0990. The van der Waals surface area contributed by atoms with Crippen molar-refractivity contribution in [1.29, 1.82) is 0 Å². The topological polar surface area (TPSA) is 161 Å². The Hall–Kier alpha value is -6.61. The maximum Gasteiger partial charge on any atom is 0.291 e. The molecular formula is C46H55N9O6. The fraction of sp³-hybridized carbons (Fsp3) is 0.370. The van der Waals surface area contributed by atoms with Crippen LogP contribution in [0.3, 0.4) is 0 Å². The lowest BCUT2D eigenvalue weighted by Crippen LogP contribution is -2.24. The minimum absolute atomic E-state index is 0.0464. The standard InChI is InChI=1S/C46H55N9O6/c1-29-27-30-21-22-46(2,3)34(30)28-37(29)61-38-20-19-36(60-38)41(56)50-39-42(58-7)52-45(53-43(39)59-8)48-24-12-26-54(4)25-11-23-47-44-49-35-14-10-9-13-33(35)40(51-44)55(5)31-15-17-32(57-6)18-16-31/h9-10,13-20,27-28H,11-12,21-26H2,1-8H3,(H,50,56)(H,47,49,51)(H,48,52,53). The largest absolute Gasteiger partial charge is 0.497 e. The summed E-state index contributed by atoms with van der Waals surface area (Å²) in [6, 6.07) is 23.4. The second kappa shape index (κ2) is 18.8. The van der Waals surface area contributed by atoms with Gasteiger partial charge in [0.2, 0.25) is 23.7 Å². The number of anilines is 5. The summed E-state index contributed by atoms with van der Waals surface area (Å²) in [7, 11) is 8.70. The van der Waals surface area contributed by atoms with Gasteiger partial charge in [0.25, 0.3) is 11.9 Å². The van der Waals surface area contributed by atoms with Gasteiger partial charge in [0, 0.05) is 37.3 Å². The van der Waals surface area contributed by atoms with Gasteiger partial charge in [-0.15, -0.1) is 0 Å². The lowest BCUT2D eigenvalue weighted by Gasteiger charge is -2.21. The van der Waals surface area contributed by atoms with E-state index in [1.54, 1.807) is 19.2 Å². The molecule has 0 bridgehead atoms. The highest BCUT2D eigenvalue weighted by Crippen LogP contribution is 2.42. The highest BCUT2D eigenvalue weighted by Gasteiger charge is 2.31. The second-order valence-corrected chi connectivity index (χ2v) is 15.8. The summed E-state index contributed by atoms with van der Waals surface area (Å²) in [4.78, 5) is 36.3. The van der Waals surface area contributed by atoms with Gasteiger partial charge in [0.05, 0.1) is 26.8 Å². The fourth-order valence-corrected chi connectivity index (χ4v) is 7.49. The number of carbonyl (C=O) groups excluding carboxylic acids is 1. The molecule has 1 aliphatic carbocycles. The first kappa shape index (κ1) is 42.5. The average Bonchev–Trinajstić information content (AvgIpc) is 3.86. The second-order valence-electron chi connectivity index (χ2n) is 15.8. The molecule has 7 rings (SSSR count). The van der Waals surface area contributed by atoms with Crippen molar-refractivity contribution in [3.05, 3.63) is 95.2 Å². The molecule has 3 aromatic heterocycles. The van der Waals surface area contributed by atoms with Crippen LogP contribution in [0, 0.1) is 6.92 Å². The molecule has 0 saturated heterocycles. The van der Waals surface area contributed by atoms with Gasteiger partial charge >= 0.3 is 0 Å². The summed E-state index contributed by atoms with van der Waals surface area (Å²) >= 11 is 0. The van der Waals surface area contributed by atoms with E-state index < -0.39 is 5.91 Å². The summed E-state index contributed by atoms with van der Waals surface area (Å²) in [5.74, 6) is 3.22. The van der Waals surface area contributed by atoms with Crippen molar-refractivity contribution in [1.82, 2.24) is 24.8 Å². The normalized spacial score (nSPS) is 12.9. The predicted octanol–water partition coefficient (Wildman–Crippen LogP) is 8.62. The number of carbonyl (C=O) groups is 1. The smallest absolute Gasteiger partial charge is 0.291 e. The minimum atomic E-state index is -0.535. The average molecular weight is 830 g/mol. The van der Waals surface area contributed by atoms with Crippen LogP contribution in [0.2, 0.25) is 0 Å². The number of aromatic nitrogens is 4. The number of benzene rings is 3. The Kier molecular flexibility index (Phi) is 13.1. The van der Waals surface area contributed by atoms with Gasteiger partial charge in [-0.2, -0.15) is 15.0 Å². The molecule has 1 aliphatic rings. The third-order valence-electron chi connectivity index (χ3n) is 11.0. The van der Waals surface area contributed by atoms with Crippen LogP contribution in [0.5, 0.6) is 29.2 Å². The molecule has 0 radical (unpaired) electrons. The number of amides is 1. The van der Waals surface area contributed by atoms with E-state index in [0.29, 0.717) is 30.7 Å². The summed E-state index contributed by atoms with van der Waals surface area (Å²) in [5, 5.41) is 10.4. The Morgan fingerprint density at radius 2 is 1.49 bits per heavy atom. The van der Waals surface area contributed by atoms with E-state index in [9.17, 15) is 4.79 Å². The zero-order valence-corrected chi connectivity index (χ0v) is 36.2. The first-order valence-electron chi connectivity index (χ1n) is 20.5. The van der Waals surface area contributed by atoms with Crippen LogP contribution in [-0.2, 0) is 11.8 Å². The summed E-state index contributed by atoms with van der Waals surface area (Å²) < 4.78 is 28.3. The van der Waals surface area contributed by atoms with Gasteiger partial charge < -0.3 is 49.1 Å². The van der Waals surface area contributed by atoms with E-state index in [0.717, 1.165) is 72.5 Å². The number of furan rings is 1. The minimum Gasteiger partial charge on any atom is -0.497 e. The third-order valence-corrected chi connectivity index (χ3v) is 11.0. The number of aryl methyl sites for hydroxylation is 2. The Morgan fingerprint density at radius 1 is 0.820 bits per heavy atom. The molecule has 61 heavy (non-hydrogen) atoms. The van der Waals surface area contributed by atoms with Crippen LogP contribution in [0.25, 0.3) is 10.9 Å². The monoisotopic (exact) mass is 829 g/mol. The molecule has 1 amide bonds. The summed E-state index contributed by atoms with van der Waals surface area (Å²) in [5.41, 5.74) is 5.76. The van der Waals surface area contributed by atoms with E-state index in [1.807, 2.05) is 62.5 Å². The third kappa shape index (κ3) is 9.89. The Labute approximate surface area is 356 Å². The molecule has 320 valence electrons. The number of hydrogen-bond acceptors (Lipinski definition) is 14. The lowest BCUT2D eigenvalue weighted by atomic mass is 9.86. The number of methoxy groups -OCH3 is 3. The van der Waals surface area contributed by atoms with Gasteiger partial charge in [-0.05, 0) is 123 Å². The summed E-state index contributed by atoms with van der Waals surface area (Å²) in [6.07, 6.45) is 3.88. The predicted molar refractivity (Wildman–Crippen MR) is 239 cm³/mol. The van der Waals surface area contributed by atoms with E-state index in [4.69, 9.17) is 33.3 Å². The number of hydrogen-bond donors (Lipinski definition) is 3. The van der Waals surface area contributed by atoms with Crippen LogP contribution >= 0.6 is 0 Å². The highest BCUT2D eigenvalue weighted by atomic mass is 16.6. The SMILES string of the molecule is COc1ccc(N(C)c2nc(NCCCN(C)CCCNc3nc(OC)c(NC(=O)c4ccc(Oc5cc6c(cc5C)CCC6(C)C)o4)c(OC)n3)nc3ccccc23)cc1. The number of para-hydroxylation sites is 1. The van der Waals surface area contributed by atoms with Crippen LogP contribution in [0.4, 0.5) is 29.1 Å². The molecular weight excluding hydrogens is 775 g/mol. The molecule has 3 heterocycles. The van der Waals surface area contributed by atoms with E-state index in [-0.39, 0.29) is 34.6 Å². The van der Waals surface area contributed by atoms with Gasteiger partial charge in [0.15, 0.2) is 11.4 Å². The molecule has 0 saturated carbocycles. The summed E-state index contributed by atoms with van der Waals surface area (Å²) in [6.45, 7) is 9.54. The van der Waals surface area contributed by atoms with Crippen LogP contribution in [0.1, 0.15) is 60.4 Å². The van der Waals surface area contributed by atoms with Gasteiger partial charge in [0.1, 0.15) is 17.3 Å². The zero-order valence-electron chi connectivity index (χ0n) is 36.2. The van der Waals surface area contributed by atoms with Gasteiger partial charge in [-0.3, -0.25) is 4.79 Å². The Bertz CT molecular complexity index is 2450. The van der Waals surface area contributed by atoms with Crippen LogP contribution in [-0.4, -0.2) is 92.3 Å². The van der Waals surface area contributed by atoms with Crippen molar-refractivity contribution in [3.8, 4) is 29.2 Å². The number of fused-ring (bicyclic) bond motifs is 2. The first-order chi connectivity index (χ1) is 29.5. The number of rotatable bonds is 19. The molecule has 6 aromatic rings.